The van der Waals surface area contributed by atoms with Crippen molar-refractivity contribution in [3.05, 3.63) is 55.8 Å². The minimum Gasteiger partial charge on any atom is -0.506 e. The highest BCUT2D eigenvalue weighted by Gasteiger charge is 2.33. The number of nitrogens with zero attached hydrogens (tertiary/aromatic N) is 2. The molecule has 0 unspecified atom stereocenters. The van der Waals surface area contributed by atoms with Gasteiger partial charge in [0.25, 0.3) is 5.91 Å². The lowest BCUT2D eigenvalue weighted by molar-refractivity contribution is -0.113. The molecule has 1 aliphatic rings. The summed E-state index contributed by atoms with van der Waals surface area (Å²) in [7, 11) is 3.93. The number of benzene rings is 2. The Balaban J connectivity index is 1.91. The van der Waals surface area contributed by atoms with Crippen molar-refractivity contribution in [3.8, 4) is 5.75 Å². The van der Waals surface area contributed by atoms with Gasteiger partial charge in [0.15, 0.2) is 4.32 Å². The number of anilines is 2. The largest absolute Gasteiger partial charge is 0.506 e. The van der Waals surface area contributed by atoms with Gasteiger partial charge in [0, 0.05) is 19.8 Å². The number of amides is 1. The first-order valence-electron chi connectivity index (χ1n) is 7.51. The summed E-state index contributed by atoms with van der Waals surface area (Å²) in [5.74, 6) is -0.0337. The van der Waals surface area contributed by atoms with E-state index in [1.807, 2.05) is 43.3 Å². The first-order valence-corrected chi connectivity index (χ1v) is 10.3. The number of halogens is 2. The number of hydrogen-bond acceptors (Lipinski definition) is 5. The molecule has 0 spiro atoms. The molecule has 3 rings (SSSR count). The number of thiocarbonyl (C=S) groups is 1. The van der Waals surface area contributed by atoms with E-state index in [2.05, 4.69) is 31.9 Å². The Bertz CT molecular complexity index is 904. The third kappa shape index (κ3) is 3.83. The smallest absolute Gasteiger partial charge is 0.270 e. The fourth-order valence-corrected chi connectivity index (χ4v) is 4.93. The number of thioether (sulfide) groups is 1. The van der Waals surface area contributed by atoms with E-state index >= 15 is 0 Å². The normalized spacial score (nSPS) is 15.8. The summed E-state index contributed by atoms with van der Waals surface area (Å²) < 4.78 is 1.59. The van der Waals surface area contributed by atoms with Crippen LogP contribution in [0.3, 0.4) is 0 Å². The lowest BCUT2D eigenvalue weighted by Gasteiger charge is -2.17. The molecule has 8 heteroatoms. The minimum absolute atomic E-state index is 0.121. The number of phenols is 1. The van der Waals surface area contributed by atoms with Crippen LogP contribution in [0.2, 0.25) is 0 Å². The molecule has 1 amide bonds. The van der Waals surface area contributed by atoms with E-state index in [4.69, 9.17) is 12.2 Å². The molecule has 2 aromatic rings. The summed E-state index contributed by atoms with van der Waals surface area (Å²) in [6.07, 6.45) is 1.77. The van der Waals surface area contributed by atoms with Gasteiger partial charge in [0.05, 0.1) is 19.5 Å². The average Bonchev–Trinajstić information content (AvgIpc) is 2.86. The predicted molar refractivity (Wildman–Crippen MR) is 120 cm³/mol. The third-order valence-electron chi connectivity index (χ3n) is 3.76. The van der Waals surface area contributed by atoms with Crippen molar-refractivity contribution in [1.29, 1.82) is 0 Å². The Kier molecular flexibility index (Phi) is 5.76. The van der Waals surface area contributed by atoms with Crippen LogP contribution in [0, 0.1) is 0 Å². The van der Waals surface area contributed by atoms with Gasteiger partial charge in [-0.25, -0.2) is 0 Å². The molecule has 1 N–H and O–H groups in total. The Morgan fingerprint density at radius 1 is 1.15 bits per heavy atom. The van der Waals surface area contributed by atoms with Crippen LogP contribution in [0.5, 0.6) is 5.75 Å². The molecule has 0 bridgehead atoms. The highest BCUT2D eigenvalue weighted by Crippen LogP contribution is 2.38. The second kappa shape index (κ2) is 7.72. The van der Waals surface area contributed by atoms with Gasteiger partial charge in [-0.2, -0.15) is 0 Å². The third-order valence-corrected chi connectivity index (χ3v) is 6.27. The van der Waals surface area contributed by atoms with Crippen LogP contribution in [0.25, 0.3) is 6.08 Å². The highest BCUT2D eigenvalue weighted by molar-refractivity contribution is 9.11. The summed E-state index contributed by atoms with van der Waals surface area (Å²) in [5, 5.41) is 9.82. The maximum Gasteiger partial charge on any atom is 0.270 e. The molecule has 4 nitrogen and oxygen atoms in total. The van der Waals surface area contributed by atoms with Gasteiger partial charge in [-0.15, -0.1) is 0 Å². The molecule has 0 aliphatic carbocycles. The second-order valence-electron chi connectivity index (χ2n) is 5.76. The number of carbonyl (C=O) groups excluding carboxylic acids is 1. The minimum atomic E-state index is -0.155. The molecule has 2 aromatic carbocycles. The molecule has 1 saturated heterocycles. The van der Waals surface area contributed by atoms with Crippen molar-refractivity contribution >= 4 is 83.5 Å². The van der Waals surface area contributed by atoms with Gasteiger partial charge >= 0.3 is 0 Å². The quantitative estimate of drug-likeness (QED) is 0.440. The lowest BCUT2D eigenvalue weighted by Crippen LogP contribution is -2.27. The van der Waals surface area contributed by atoms with E-state index < -0.39 is 0 Å². The van der Waals surface area contributed by atoms with Crippen LogP contribution < -0.4 is 9.80 Å². The van der Waals surface area contributed by atoms with Crippen molar-refractivity contribution in [1.82, 2.24) is 0 Å². The van der Waals surface area contributed by atoms with Crippen molar-refractivity contribution < 1.29 is 9.90 Å². The molecule has 1 aliphatic heterocycles. The van der Waals surface area contributed by atoms with E-state index in [1.54, 1.807) is 18.2 Å². The fraction of sp³-hybridized carbons (Fsp3) is 0.111. The van der Waals surface area contributed by atoms with Crippen LogP contribution in [0.15, 0.2) is 50.2 Å². The number of rotatable bonds is 3. The number of carbonyl (C=O) groups is 1. The van der Waals surface area contributed by atoms with E-state index in [1.165, 1.54) is 16.7 Å². The van der Waals surface area contributed by atoms with Gasteiger partial charge in [-0.3, -0.25) is 9.69 Å². The fourth-order valence-electron chi connectivity index (χ4n) is 2.41. The molecular weight excluding hydrogens is 500 g/mol. The Morgan fingerprint density at radius 2 is 1.73 bits per heavy atom. The van der Waals surface area contributed by atoms with Gasteiger partial charge in [0.1, 0.15) is 5.75 Å². The standard InChI is InChI=1S/C18H14Br2N2O2S2/c1-21(2)11-3-5-12(6-4-11)22-17(24)15(26-18(22)25)9-10-7-13(19)16(23)14(20)8-10/h3-9,23H,1-2H3/b15-9-. The van der Waals surface area contributed by atoms with E-state index in [9.17, 15) is 9.90 Å². The molecular formula is C18H14Br2N2O2S2. The molecule has 0 radical (unpaired) electrons. The molecule has 0 saturated carbocycles. The molecule has 1 heterocycles. The topological polar surface area (TPSA) is 43.8 Å². The van der Waals surface area contributed by atoms with Crippen LogP contribution >= 0.6 is 55.8 Å². The SMILES string of the molecule is CN(C)c1ccc(N2C(=O)/C(=C/c3cc(Br)c(O)c(Br)c3)SC2=S)cc1. The number of hydrogen-bond donors (Lipinski definition) is 1. The van der Waals surface area contributed by atoms with E-state index in [-0.39, 0.29) is 11.7 Å². The lowest BCUT2D eigenvalue weighted by atomic mass is 10.2. The number of aromatic hydroxyl groups is 1. The van der Waals surface area contributed by atoms with Crippen molar-refractivity contribution in [2.24, 2.45) is 0 Å². The van der Waals surface area contributed by atoms with Crippen LogP contribution in [0.1, 0.15) is 5.56 Å². The van der Waals surface area contributed by atoms with Gasteiger partial charge < -0.3 is 10.0 Å². The van der Waals surface area contributed by atoms with Gasteiger partial charge in [-0.1, -0.05) is 24.0 Å². The van der Waals surface area contributed by atoms with Crippen molar-refractivity contribution in [3.63, 3.8) is 0 Å². The van der Waals surface area contributed by atoms with Gasteiger partial charge in [-0.05, 0) is 79.9 Å². The maximum atomic E-state index is 12.8. The summed E-state index contributed by atoms with van der Waals surface area (Å²) in [5.41, 5.74) is 2.58. The Hall–Kier alpha value is -1.35. The summed E-state index contributed by atoms with van der Waals surface area (Å²) in [6.45, 7) is 0. The zero-order chi connectivity index (χ0) is 19.0. The van der Waals surface area contributed by atoms with Crippen LogP contribution in [-0.4, -0.2) is 29.4 Å². The van der Waals surface area contributed by atoms with Crippen molar-refractivity contribution in [2.75, 3.05) is 23.9 Å². The zero-order valence-electron chi connectivity index (χ0n) is 13.9. The van der Waals surface area contributed by atoms with Crippen molar-refractivity contribution in [2.45, 2.75) is 0 Å². The molecule has 134 valence electrons. The number of phenolic OH excluding ortho intramolecular Hbond substituents is 1. The predicted octanol–water partition coefficient (Wildman–Crippen LogP) is 5.39. The molecule has 0 aromatic heterocycles. The Labute approximate surface area is 178 Å². The van der Waals surface area contributed by atoms with Crippen LogP contribution in [-0.2, 0) is 4.79 Å². The molecule has 26 heavy (non-hydrogen) atoms. The summed E-state index contributed by atoms with van der Waals surface area (Å²) in [4.78, 5) is 16.9. The molecule has 0 atom stereocenters. The summed E-state index contributed by atoms with van der Waals surface area (Å²) in [6, 6.07) is 11.2. The van der Waals surface area contributed by atoms with Crippen LogP contribution in [0.4, 0.5) is 11.4 Å². The first kappa shape index (κ1) is 19.4. The second-order valence-corrected chi connectivity index (χ2v) is 9.15. The summed E-state index contributed by atoms with van der Waals surface area (Å²) >= 11 is 13.3. The van der Waals surface area contributed by atoms with Gasteiger partial charge in [0.2, 0.25) is 0 Å². The average molecular weight is 514 g/mol. The van der Waals surface area contributed by atoms with E-state index in [0.717, 1.165) is 16.9 Å². The monoisotopic (exact) mass is 512 g/mol. The van der Waals surface area contributed by atoms with E-state index in [0.29, 0.717) is 18.2 Å². The maximum absolute atomic E-state index is 12.8. The highest BCUT2D eigenvalue weighted by atomic mass is 79.9. The molecule has 1 fully saturated rings. The zero-order valence-corrected chi connectivity index (χ0v) is 18.7. The Morgan fingerprint density at radius 3 is 2.27 bits per heavy atom. The first-order chi connectivity index (χ1) is 12.3.